The normalized spacial score (nSPS) is 10.8. The average molecular weight is 263 g/mol. The molecule has 0 saturated heterocycles. The molecule has 0 fully saturated rings. The molecule has 0 radical (unpaired) electrons. The van der Waals surface area contributed by atoms with Crippen molar-refractivity contribution in [3.05, 3.63) is 23.7 Å². The molecule has 0 aliphatic rings. The van der Waals surface area contributed by atoms with Crippen LogP contribution in [-0.2, 0) is 11.3 Å². The van der Waals surface area contributed by atoms with Crippen molar-refractivity contribution in [1.82, 2.24) is 5.32 Å². The number of nitrogens with one attached hydrogen (secondary N) is 1. The summed E-state index contributed by atoms with van der Waals surface area (Å²) in [6.07, 6.45) is 0. The van der Waals surface area contributed by atoms with Gasteiger partial charge in [0.15, 0.2) is 5.76 Å². The molecule has 17 heavy (non-hydrogen) atoms. The highest BCUT2D eigenvalue weighted by Crippen LogP contribution is 2.10. The van der Waals surface area contributed by atoms with Crippen molar-refractivity contribution in [3.8, 4) is 0 Å². The number of carbonyl (C=O) groups is 1. The van der Waals surface area contributed by atoms with Crippen molar-refractivity contribution in [1.29, 1.82) is 0 Å². The highest BCUT2D eigenvalue weighted by Gasteiger charge is 2.21. The van der Waals surface area contributed by atoms with Crippen LogP contribution >= 0.6 is 12.4 Å². The Morgan fingerprint density at radius 1 is 1.53 bits per heavy atom. The first-order chi connectivity index (χ1) is 7.48. The van der Waals surface area contributed by atoms with E-state index in [9.17, 15) is 4.79 Å². The Hall–Kier alpha value is -1.04. The van der Waals surface area contributed by atoms with E-state index >= 15 is 0 Å². The smallest absolute Gasteiger partial charge is 0.287 e. The van der Waals surface area contributed by atoms with Crippen LogP contribution in [0.1, 0.15) is 30.2 Å². The summed E-state index contributed by atoms with van der Waals surface area (Å²) in [5, 5.41) is 2.78. The molecule has 6 heteroatoms. The van der Waals surface area contributed by atoms with Crippen LogP contribution in [0.3, 0.4) is 0 Å². The summed E-state index contributed by atoms with van der Waals surface area (Å²) in [6, 6.07) is 3.34. The Balaban J connectivity index is 0.00000256. The molecule has 1 aromatic heterocycles. The topological polar surface area (TPSA) is 77.5 Å². The Labute approximate surface area is 107 Å². The summed E-state index contributed by atoms with van der Waals surface area (Å²) in [5.41, 5.74) is 5.08. The number of nitrogens with two attached hydrogens (primary N) is 1. The molecular weight excluding hydrogens is 244 g/mol. The van der Waals surface area contributed by atoms with Gasteiger partial charge in [0, 0.05) is 19.2 Å². The summed E-state index contributed by atoms with van der Waals surface area (Å²) >= 11 is 0. The summed E-state index contributed by atoms with van der Waals surface area (Å²) in [6.45, 7) is 4.42. The van der Waals surface area contributed by atoms with Gasteiger partial charge in [-0.1, -0.05) is 0 Å². The molecule has 0 atom stereocenters. The number of methoxy groups -OCH3 is 1. The molecule has 0 aliphatic heterocycles. The maximum absolute atomic E-state index is 11.7. The fourth-order valence-electron chi connectivity index (χ4n) is 1.14. The van der Waals surface area contributed by atoms with Crippen LogP contribution in [0, 0.1) is 0 Å². The van der Waals surface area contributed by atoms with Crippen molar-refractivity contribution in [3.63, 3.8) is 0 Å². The number of halogens is 1. The molecule has 1 aromatic rings. The zero-order valence-electron chi connectivity index (χ0n) is 10.3. The highest BCUT2D eigenvalue weighted by molar-refractivity contribution is 5.92. The van der Waals surface area contributed by atoms with E-state index in [0.29, 0.717) is 18.9 Å². The van der Waals surface area contributed by atoms with E-state index in [4.69, 9.17) is 14.9 Å². The minimum absolute atomic E-state index is 0. The lowest BCUT2D eigenvalue weighted by Crippen LogP contribution is -2.48. The molecule has 1 heterocycles. The van der Waals surface area contributed by atoms with Crippen LogP contribution in [-0.4, -0.2) is 25.1 Å². The van der Waals surface area contributed by atoms with Crippen LogP contribution in [0.2, 0.25) is 0 Å². The first-order valence-corrected chi connectivity index (χ1v) is 5.09. The van der Waals surface area contributed by atoms with Gasteiger partial charge in [0.1, 0.15) is 12.4 Å². The number of ether oxygens (including phenoxy) is 1. The molecule has 0 aliphatic carbocycles. The Kier molecular flexibility index (Phi) is 6.23. The van der Waals surface area contributed by atoms with Crippen LogP contribution in [0.15, 0.2) is 16.5 Å². The first kappa shape index (κ1) is 16.0. The third kappa shape index (κ3) is 4.77. The summed E-state index contributed by atoms with van der Waals surface area (Å²) in [4.78, 5) is 11.7. The second-order valence-corrected chi connectivity index (χ2v) is 4.24. The molecule has 0 aromatic carbocycles. The van der Waals surface area contributed by atoms with E-state index in [1.165, 1.54) is 0 Å². The van der Waals surface area contributed by atoms with E-state index < -0.39 is 5.54 Å². The van der Waals surface area contributed by atoms with Gasteiger partial charge in [0.25, 0.3) is 5.91 Å². The first-order valence-electron chi connectivity index (χ1n) is 5.09. The van der Waals surface area contributed by atoms with Crippen LogP contribution in [0.25, 0.3) is 0 Å². The van der Waals surface area contributed by atoms with E-state index in [2.05, 4.69) is 5.32 Å². The Bertz CT molecular complexity index is 363. The molecule has 1 rings (SSSR count). The van der Waals surface area contributed by atoms with Gasteiger partial charge < -0.3 is 20.2 Å². The lowest BCUT2D eigenvalue weighted by molar-refractivity contribution is 0.0878. The molecular formula is C11H19ClN2O3. The monoisotopic (exact) mass is 262 g/mol. The highest BCUT2D eigenvalue weighted by atomic mass is 35.5. The van der Waals surface area contributed by atoms with Crippen LogP contribution < -0.4 is 11.1 Å². The minimum Gasteiger partial charge on any atom is -0.453 e. The average Bonchev–Trinajstić information content (AvgIpc) is 2.66. The second kappa shape index (κ2) is 6.64. The fourth-order valence-corrected chi connectivity index (χ4v) is 1.14. The Morgan fingerprint density at radius 2 is 2.18 bits per heavy atom. The minimum atomic E-state index is -0.439. The summed E-state index contributed by atoms with van der Waals surface area (Å²) < 4.78 is 10.2. The molecule has 0 unspecified atom stereocenters. The standard InChI is InChI=1S/C11H18N2O3.ClH/c1-11(2,7-12)13-10(14)9-5-4-8(16-9)6-15-3;/h4-5H,6-7,12H2,1-3H3,(H,13,14);1H. The van der Waals surface area contributed by atoms with Crippen molar-refractivity contribution in [2.24, 2.45) is 5.73 Å². The van der Waals surface area contributed by atoms with Gasteiger partial charge in [-0.05, 0) is 26.0 Å². The molecule has 0 spiro atoms. The number of carbonyl (C=O) groups excluding carboxylic acids is 1. The van der Waals surface area contributed by atoms with Gasteiger partial charge in [0.05, 0.1) is 0 Å². The molecule has 3 N–H and O–H groups in total. The van der Waals surface area contributed by atoms with Gasteiger partial charge in [-0.3, -0.25) is 4.79 Å². The van der Waals surface area contributed by atoms with Crippen molar-refractivity contribution < 1.29 is 13.9 Å². The lowest BCUT2D eigenvalue weighted by Gasteiger charge is -2.23. The van der Waals surface area contributed by atoms with Crippen molar-refractivity contribution >= 4 is 18.3 Å². The van der Waals surface area contributed by atoms with E-state index in [1.54, 1.807) is 19.2 Å². The summed E-state index contributed by atoms with van der Waals surface area (Å²) in [7, 11) is 1.57. The van der Waals surface area contributed by atoms with Gasteiger partial charge >= 0.3 is 0 Å². The molecule has 5 nitrogen and oxygen atoms in total. The van der Waals surface area contributed by atoms with E-state index in [1.807, 2.05) is 13.8 Å². The third-order valence-corrected chi connectivity index (χ3v) is 2.13. The second-order valence-electron chi connectivity index (χ2n) is 4.24. The lowest BCUT2D eigenvalue weighted by atomic mass is 10.1. The van der Waals surface area contributed by atoms with Gasteiger partial charge in [-0.25, -0.2) is 0 Å². The summed E-state index contributed by atoms with van der Waals surface area (Å²) in [5.74, 6) is 0.629. The number of furan rings is 1. The van der Waals surface area contributed by atoms with Crippen LogP contribution in [0.4, 0.5) is 0 Å². The van der Waals surface area contributed by atoms with E-state index in [-0.39, 0.29) is 24.1 Å². The number of hydrogen-bond donors (Lipinski definition) is 2. The Morgan fingerprint density at radius 3 is 2.71 bits per heavy atom. The largest absolute Gasteiger partial charge is 0.453 e. The molecule has 0 saturated carbocycles. The van der Waals surface area contributed by atoms with E-state index in [0.717, 1.165) is 0 Å². The van der Waals surface area contributed by atoms with Crippen LogP contribution in [0.5, 0.6) is 0 Å². The zero-order valence-corrected chi connectivity index (χ0v) is 11.1. The van der Waals surface area contributed by atoms with Crippen molar-refractivity contribution in [2.75, 3.05) is 13.7 Å². The van der Waals surface area contributed by atoms with Gasteiger partial charge in [-0.15, -0.1) is 12.4 Å². The molecule has 98 valence electrons. The van der Waals surface area contributed by atoms with Gasteiger partial charge in [-0.2, -0.15) is 0 Å². The number of amides is 1. The molecule has 0 bridgehead atoms. The number of hydrogen-bond acceptors (Lipinski definition) is 4. The SMILES string of the molecule is COCc1ccc(C(=O)NC(C)(C)CN)o1.Cl. The fraction of sp³-hybridized carbons (Fsp3) is 0.545. The number of rotatable bonds is 5. The predicted octanol–water partition coefficient (Wildman–Crippen LogP) is 1.31. The zero-order chi connectivity index (χ0) is 12.2. The maximum atomic E-state index is 11.7. The third-order valence-electron chi connectivity index (χ3n) is 2.13. The quantitative estimate of drug-likeness (QED) is 0.839. The van der Waals surface area contributed by atoms with Gasteiger partial charge in [0.2, 0.25) is 0 Å². The maximum Gasteiger partial charge on any atom is 0.287 e. The molecule has 1 amide bonds. The predicted molar refractivity (Wildman–Crippen MR) is 67.3 cm³/mol. The van der Waals surface area contributed by atoms with Crippen molar-refractivity contribution in [2.45, 2.75) is 26.0 Å².